The molecule has 22 heavy (non-hydrogen) atoms. The number of ether oxygens (including phenoxy) is 1. The minimum Gasteiger partial charge on any atom is -0.489 e. The summed E-state index contributed by atoms with van der Waals surface area (Å²) in [4.78, 5) is 11.7. The van der Waals surface area contributed by atoms with Gasteiger partial charge < -0.3 is 10.1 Å². The molecule has 4 heteroatoms. The second kappa shape index (κ2) is 7.66. The van der Waals surface area contributed by atoms with Crippen molar-refractivity contribution in [2.45, 2.75) is 13.8 Å². The molecule has 0 saturated carbocycles. The normalized spacial score (nSPS) is 10.7. The summed E-state index contributed by atoms with van der Waals surface area (Å²) in [5.41, 5.74) is 2.78. The van der Waals surface area contributed by atoms with Crippen LogP contribution in [0.25, 0.3) is 0 Å². The van der Waals surface area contributed by atoms with E-state index >= 15 is 0 Å². The predicted octanol–water partition coefficient (Wildman–Crippen LogP) is 4.53. The van der Waals surface area contributed by atoms with Gasteiger partial charge in [0.2, 0.25) is 5.91 Å². The van der Waals surface area contributed by atoms with Crippen molar-refractivity contribution in [3.63, 3.8) is 0 Å². The van der Waals surface area contributed by atoms with E-state index in [1.807, 2.05) is 56.3 Å². The third kappa shape index (κ3) is 4.37. The third-order valence-corrected chi connectivity index (χ3v) is 3.73. The number of para-hydroxylation sites is 1. The molecule has 1 amide bonds. The first-order chi connectivity index (χ1) is 10.6. The van der Waals surface area contributed by atoms with Gasteiger partial charge in [-0.3, -0.25) is 4.79 Å². The highest BCUT2D eigenvalue weighted by molar-refractivity contribution is 6.31. The summed E-state index contributed by atoms with van der Waals surface area (Å²) in [7, 11) is 0. The lowest BCUT2D eigenvalue weighted by atomic mass is 10.1. The molecule has 114 valence electrons. The third-order valence-electron chi connectivity index (χ3n) is 3.32. The zero-order valence-electron chi connectivity index (χ0n) is 12.6. The minimum absolute atomic E-state index is 0.182. The second-order valence-electron chi connectivity index (χ2n) is 4.86. The number of amides is 1. The van der Waals surface area contributed by atoms with Crippen LogP contribution in [0.2, 0.25) is 5.02 Å². The molecule has 0 bridgehead atoms. The molecule has 0 saturated heterocycles. The number of anilines is 1. The number of carbonyl (C=O) groups is 1. The summed E-state index contributed by atoms with van der Waals surface area (Å²) in [6.45, 7) is 4.24. The number of carbonyl (C=O) groups excluding carboxylic acids is 1. The van der Waals surface area contributed by atoms with Gasteiger partial charge in [0, 0.05) is 16.8 Å². The monoisotopic (exact) mass is 315 g/mol. The van der Waals surface area contributed by atoms with Crippen LogP contribution in [0.3, 0.4) is 0 Å². The molecule has 2 aromatic carbocycles. The molecule has 0 aliphatic carbocycles. The van der Waals surface area contributed by atoms with E-state index in [2.05, 4.69) is 5.32 Å². The maximum absolute atomic E-state index is 11.7. The Labute approximate surface area is 135 Å². The average molecular weight is 316 g/mol. The number of hydrogen-bond acceptors (Lipinski definition) is 2. The minimum atomic E-state index is -0.182. The lowest BCUT2D eigenvalue weighted by Crippen LogP contribution is -2.08. The summed E-state index contributed by atoms with van der Waals surface area (Å²) in [5, 5.41) is 3.49. The quantitative estimate of drug-likeness (QED) is 0.823. The molecule has 2 aromatic rings. The fourth-order valence-electron chi connectivity index (χ4n) is 1.92. The Kier molecular flexibility index (Phi) is 5.61. The summed E-state index contributed by atoms with van der Waals surface area (Å²) in [6.07, 6.45) is 3.15. The molecular formula is C18H18ClNO2. The Bertz CT molecular complexity index is 681. The maximum Gasteiger partial charge on any atom is 0.248 e. The molecule has 3 nitrogen and oxygen atoms in total. The summed E-state index contributed by atoms with van der Waals surface area (Å²) < 4.78 is 5.65. The fourth-order valence-corrected chi connectivity index (χ4v) is 2.12. The van der Waals surface area contributed by atoms with Crippen LogP contribution in [0, 0.1) is 13.8 Å². The first kappa shape index (κ1) is 16.1. The number of nitrogens with one attached hydrogen (secondary N) is 1. The number of hydrogen-bond donors (Lipinski definition) is 1. The van der Waals surface area contributed by atoms with Crippen LogP contribution in [0.15, 0.2) is 54.6 Å². The van der Waals surface area contributed by atoms with Crippen molar-refractivity contribution in [2.75, 3.05) is 11.9 Å². The van der Waals surface area contributed by atoms with Crippen LogP contribution in [-0.2, 0) is 4.79 Å². The molecule has 0 aliphatic rings. The lowest BCUT2D eigenvalue weighted by molar-refractivity contribution is -0.111. The van der Waals surface area contributed by atoms with E-state index < -0.39 is 0 Å². The van der Waals surface area contributed by atoms with Crippen LogP contribution in [0.5, 0.6) is 5.75 Å². The van der Waals surface area contributed by atoms with E-state index in [0.717, 1.165) is 27.6 Å². The van der Waals surface area contributed by atoms with Crippen molar-refractivity contribution in [3.8, 4) is 5.75 Å². The molecule has 0 fully saturated rings. The molecule has 0 radical (unpaired) electrons. The predicted molar refractivity (Wildman–Crippen MR) is 90.6 cm³/mol. The van der Waals surface area contributed by atoms with Crippen molar-refractivity contribution in [2.24, 2.45) is 0 Å². The first-order valence-electron chi connectivity index (χ1n) is 6.99. The van der Waals surface area contributed by atoms with Crippen molar-refractivity contribution in [1.29, 1.82) is 0 Å². The van der Waals surface area contributed by atoms with Crippen LogP contribution in [-0.4, -0.2) is 12.5 Å². The van der Waals surface area contributed by atoms with Crippen LogP contribution < -0.4 is 10.1 Å². The molecule has 0 aromatic heterocycles. The van der Waals surface area contributed by atoms with E-state index in [1.54, 1.807) is 6.08 Å². The van der Waals surface area contributed by atoms with Gasteiger partial charge in [-0.25, -0.2) is 0 Å². The zero-order valence-corrected chi connectivity index (χ0v) is 13.4. The fraction of sp³-hybridized carbons (Fsp3) is 0.167. The van der Waals surface area contributed by atoms with Gasteiger partial charge in [0.1, 0.15) is 12.4 Å². The highest BCUT2D eigenvalue weighted by Gasteiger charge is 2.05. The van der Waals surface area contributed by atoms with Crippen LogP contribution >= 0.6 is 11.6 Å². The van der Waals surface area contributed by atoms with Gasteiger partial charge in [-0.1, -0.05) is 29.8 Å². The van der Waals surface area contributed by atoms with E-state index in [4.69, 9.17) is 16.3 Å². The van der Waals surface area contributed by atoms with Crippen molar-refractivity contribution in [1.82, 2.24) is 0 Å². The molecule has 0 spiro atoms. The highest BCUT2D eigenvalue weighted by Crippen LogP contribution is 2.27. The van der Waals surface area contributed by atoms with E-state index in [1.165, 1.54) is 6.08 Å². The van der Waals surface area contributed by atoms with Gasteiger partial charge in [-0.05, 0) is 55.3 Å². The molecule has 0 unspecified atom stereocenters. The van der Waals surface area contributed by atoms with Gasteiger partial charge in [-0.15, -0.1) is 0 Å². The maximum atomic E-state index is 11.7. The molecular weight excluding hydrogens is 298 g/mol. The van der Waals surface area contributed by atoms with Crippen molar-refractivity contribution < 1.29 is 9.53 Å². The van der Waals surface area contributed by atoms with E-state index in [-0.39, 0.29) is 5.91 Å². The van der Waals surface area contributed by atoms with Crippen molar-refractivity contribution in [3.05, 3.63) is 70.8 Å². The topological polar surface area (TPSA) is 38.3 Å². The number of halogens is 1. The van der Waals surface area contributed by atoms with Gasteiger partial charge in [0.15, 0.2) is 0 Å². The van der Waals surface area contributed by atoms with Gasteiger partial charge >= 0.3 is 0 Å². The summed E-state index contributed by atoms with van der Waals surface area (Å²) in [6, 6.07) is 13.0. The van der Waals surface area contributed by atoms with Crippen molar-refractivity contribution >= 4 is 23.2 Å². The standard InChI is InChI=1S/C18H18ClNO2/c1-13-14(2)17(11-10-16(13)19)22-12-6-9-18(21)20-15-7-4-3-5-8-15/h3-11H,12H2,1-2H3,(H,20,21). The Morgan fingerprint density at radius 3 is 2.59 bits per heavy atom. The van der Waals surface area contributed by atoms with E-state index in [9.17, 15) is 4.79 Å². The lowest BCUT2D eigenvalue weighted by Gasteiger charge is -2.10. The molecule has 1 N–H and O–H groups in total. The Morgan fingerprint density at radius 2 is 1.86 bits per heavy atom. The molecule has 0 atom stereocenters. The van der Waals surface area contributed by atoms with Gasteiger partial charge in [0.05, 0.1) is 0 Å². The SMILES string of the molecule is Cc1c(Cl)ccc(OCC=CC(=O)Nc2ccccc2)c1C. The largest absolute Gasteiger partial charge is 0.489 e. The van der Waals surface area contributed by atoms with Gasteiger partial charge in [-0.2, -0.15) is 0 Å². The van der Waals surface area contributed by atoms with Crippen LogP contribution in [0.1, 0.15) is 11.1 Å². The smallest absolute Gasteiger partial charge is 0.248 e. The molecule has 2 rings (SSSR count). The van der Waals surface area contributed by atoms with E-state index in [0.29, 0.717) is 6.61 Å². The Hall–Kier alpha value is -2.26. The summed E-state index contributed by atoms with van der Waals surface area (Å²) >= 11 is 6.04. The first-order valence-corrected chi connectivity index (χ1v) is 7.37. The second-order valence-corrected chi connectivity index (χ2v) is 5.27. The Morgan fingerprint density at radius 1 is 1.14 bits per heavy atom. The summed E-state index contributed by atoms with van der Waals surface area (Å²) in [5.74, 6) is 0.592. The molecule has 0 heterocycles. The average Bonchev–Trinajstić information content (AvgIpc) is 2.52. The zero-order chi connectivity index (χ0) is 15.9. The number of benzene rings is 2. The highest BCUT2D eigenvalue weighted by atomic mass is 35.5. The molecule has 0 aliphatic heterocycles. The van der Waals surface area contributed by atoms with Crippen LogP contribution in [0.4, 0.5) is 5.69 Å². The van der Waals surface area contributed by atoms with Gasteiger partial charge in [0.25, 0.3) is 0 Å². The Balaban J connectivity index is 1.86. The number of rotatable bonds is 5.